The zero-order valence-electron chi connectivity index (χ0n) is 10.4. The van der Waals surface area contributed by atoms with Gasteiger partial charge in [0.2, 0.25) is 5.95 Å². The molecule has 2 aromatic rings. The van der Waals surface area contributed by atoms with Crippen LogP contribution in [0.2, 0.25) is 0 Å². The number of H-pyrrole nitrogens is 2. The molecule has 6 N–H and O–H groups in total. The van der Waals surface area contributed by atoms with Crippen molar-refractivity contribution in [3.05, 3.63) is 16.2 Å². The Kier molecular flexibility index (Phi) is 4.19. The number of nitrogens with zero attached hydrogens (tertiary/aromatic N) is 2. The average molecular weight is 303 g/mol. The summed E-state index contributed by atoms with van der Waals surface area (Å²) >= 11 is 0. The first-order valence-corrected chi connectivity index (χ1v) is 7.51. The molecule has 10 nitrogen and oxygen atoms in total. The molecule has 2 rings (SSSR count). The first kappa shape index (κ1) is 14.7. The van der Waals surface area contributed by atoms with Gasteiger partial charge in [0.15, 0.2) is 11.2 Å². The van der Waals surface area contributed by atoms with Crippen molar-refractivity contribution >= 4 is 24.7 Å². The minimum atomic E-state index is -3.99. The van der Waals surface area contributed by atoms with Gasteiger partial charge in [-0.15, -0.1) is 0 Å². The predicted octanol–water partition coefficient (Wildman–Crippen LogP) is -0.687. The van der Waals surface area contributed by atoms with Crippen molar-refractivity contribution in [1.82, 2.24) is 19.9 Å². The Morgan fingerprint density at radius 2 is 2.05 bits per heavy atom. The Morgan fingerprint density at radius 3 is 2.75 bits per heavy atom. The highest BCUT2D eigenvalue weighted by Gasteiger charge is 2.12. The smallest absolute Gasteiger partial charge is 0.325 e. The summed E-state index contributed by atoms with van der Waals surface area (Å²) in [4.78, 5) is 41.8. The summed E-state index contributed by atoms with van der Waals surface area (Å²) in [5, 5.41) is 0. The maximum Gasteiger partial charge on any atom is 0.325 e. The minimum Gasteiger partial charge on any atom is -0.374 e. The summed E-state index contributed by atoms with van der Waals surface area (Å²) < 4.78 is 15.8. The molecule has 2 heterocycles. The molecule has 0 aromatic carbocycles. The number of nitrogen functional groups attached to an aromatic ring is 1. The van der Waals surface area contributed by atoms with Gasteiger partial charge in [-0.05, 0) is 6.42 Å². The van der Waals surface area contributed by atoms with E-state index in [1.54, 1.807) is 0 Å². The zero-order valence-corrected chi connectivity index (χ0v) is 11.3. The summed E-state index contributed by atoms with van der Waals surface area (Å²) in [7, 11) is -3.99. The lowest BCUT2D eigenvalue weighted by Gasteiger charge is -2.03. The lowest BCUT2D eigenvalue weighted by molar-refractivity contribution is 0.116. The quantitative estimate of drug-likeness (QED) is 0.345. The number of aromatic amines is 2. The lowest BCUT2D eigenvalue weighted by atomic mass is 10.5. The Morgan fingerprint density at radius 1 is 1.30 bits per heavy atom. The maximum absolute atomic E-state index is 11.5. The number of ether oxygens (including phenoxy) is 1. The number of imidazole rings is 1. The van der Waals surface area contributed by atoms with Crippen LogP contribution in [-0.4, -0.2) is 42.5 Å². The minimum absolute atomic E-state index is 0.0249. The molecular formula is C9H14N5O5P. The van der Waals surface area contributed by atoms with Gasteiger partial charge in [-0.2, -0.15) is 4.98 Å². The van der Waals surface area contributed by atoms with E-state index in [1.165, 1.54) is 0 Å². The van der Waals surface area contributed by atoms with Crippen LogP contribution in [-0.2, 0) is 15.9 Å². The fourth-order valence-corrected chi connectivity index (χ4v) is 2.12. The van der Waals surface area contributed by atoms with E-state index in [0.717, 1.165) is 0 Å². The Hall–Kier alpha value is -1.74. The summed E-state index contributed by atoms with van der Waals surface area (Å²) in [5.41, 5.74) is 5.36. The van der Waals surface area contributed by atoms with E-state index in [2.05, 4.69) is 19.9 Å². The van der Waals surface area contributed by atoms with E-state index in [-0.39, 0.29) is 42.9 Å². The summed E-state index contributed by atoms with van der Waals surface area (Å²) in [6.07, 6.45) is 0.00117. The second-order valence-corrected chi connectivity index (χ2v) is 5.90. The Labute approximate surface area is 112 Å². The largest absolute Gasteiger partial charge is 0.374 e. The second-order valence-electron chi connectivity index (χ2n) is 4.13. The molecule has 0 radical (unpaired) electrons. The standard InChI is InChI=1S/C9H14N5O5P/c10-9-13-7-6(8(15)14-9)11-5(12-7)4-19-2-1-3-20(16,17)18/h1-4H2,(H2,16,17,18)(H4,10,11,12,13,14,15). The van der Waals surface area contributed by atoms with Crippen LogP contribution in [0, 0.1) is 0 Å². The third kappa shape index (κ3) is 3.87. The molecule has 110 valence electrons. The normalized spacial score (nSPS) is 12.1. The van der Waals surface area contributed by atoms with Crippen LogP contribution < -0.4 is 11.3 Å². The summed E-state index contributed by atoms with van der Waals surface area (Å²) in [6.45, 7) is 0.255. The molecule has 2 aromatic heterocycles. The summed E-state index contributed by atoms with van der Waals surface area (Å²) in [6, 6.07) is 0. The van der Waals surface area contributed by atoms with E-state index in [4.69, 9.17) is 20.3 Å². The van der Waals surface area contributed by atoms with Gasteiger partial charge in [0.25, 0.3) is 5.56 Å². The maximum atomic E-state index is 11.5. The van der Waals surface area contributed by atoms with E-state index in [0.29, 0.717) is 5.82 Å². The van der Waals surface area contributed by atoms with Crippen molar-refractivity contribution in [2.75, 3.05) is 18.5 Å². The number of anilines is 1. The van der Waals surface area contributed by atoms with Crippen LogP contribution in [0.1, 0.15) is 12.2 Å². The molecule has 11 heteroatoms. The van der Waals surface area contributed by atoms with Crippen molar-refractivity contribution in [3.63, 3.8) is 0 Å². The monoisotopic (exact) mass is 303 g/mol. The molecular weight excluding hydrogens is 289 g/mol. The molecule has 0 aliphatic carbocycles. The van der Waals surface area contributed by atoms with Crippen LogP contribution >= 0.6 is 7.60 Å². The number of nitrogens with one attached hydrogen (secondary N) is 2. The fourth-order valence-electron chi connectivity index (χ4n) is 1.58. The summed E-state index contributed by atoms with van der Waals surface area (Å²) in [5.74, 6) is 0.364. The van der Waals surface area contributed by atoms with E-state index >= 15 is 0 Å². The van der Waals surface area contributed by atoms with Crippen molar-refractivity contribution in [2.45, 2.75) is 13.0 Å². The first-order chi connectivity index (χ1) is 9.35. The van der Waals surface area contributed by atoms with Crippen molar-refractivity contribution in [1.29, 1.82) is 0 Å². The molecule has 0 unspecified atom stereocenters. The SMILES string of the molecule is Nc1nc2nc(COCCCP(=O)(O)O)[nH]c2c(=O)[nH]1. The highest BCUT2D eigenvalue weighted by molar-refractivity contribution is 7.51. The van der Waals surface area contributed by atoms with Gasteiger partial charge in [-0.1, -0.05) is 0 Å². The molecule has 0 bridgehead atoms. The van der Waals surface area contributed by atoms with Crippen molar-refractivity contribution in [3.8, 4) is 0 Å². The number of hydrogen-bond acceptors (Lipinski definition) is 6. The van der Waals surface area contributed by atoms with Crippen molar-refractivity contribution < 1.29 is 19.1 Å². The van der Waals surface area contributed by atoms with Gasteiger partial charge in [-0.25, -0.2) is 4.98 Å². The van der Waals surface area contributed by atoms with Gasteiger partial charge < -0.3 is 25.2 Å². The van der Waals surface area contributed by atoms with Gasteiger partial charge in [-0.3, -0.25) is 14.3 Å². The number of nitrogens with two attached hydrogens (primary N) is 1. The molecule has 0 saturated heterocycles. The van der Waals surface area contributed by atoms with Gasteiger partial charge in [0, 0.05) is 6.61 Å². The van der Waals surface area contributed by atoms with Gasteiger partial charge in [0.05, 0.1) is 6.16 Å². The average Bonchev–Trinajstić information content (AvgIpc) is 2.70. The van der Waals surface area contributed by atoms with E-state index in [1.807, 2.05) is 0 Å². The van der Waals surface area contributed by atoms with Crippen LogP contribution in [0.4, 0.5) is 5.95 Å². The number of fused-ring (bicyclic) bond motifs is 1. The highest BCUT2D eigenvalue weighted by Crippen LogP contribution is 2.34. The third-order valence-electron chi connectivity index (χ3n) is 2.41. The van der Waals surface area contributed by atoms with Gasteiger partial charge >= 0.3 is 7.60 Å². The molecule has 0 atom stereocenters. The Bertz CT molecular complexity index is 704. The van der Waals surface area contributed by atoms with Crippen LogP contribution in [0.25, 0.3) is 11.2 Å². The number of hydrogen-bond donors (Lipinski definition) is 5. The van der Waals surface area contributed by atoms with E-state index in [9.17, 15) is 9.36 Å². The Balaban J connectivity index is 1.93. The number of rotatable bonds is 6. The topological polar surface area (TPSA) is 167 Å². The first-order valence-electron chi connectivity index (χ1n) is 5.72. The molecule has 20 heavy (non-hydrogen) atoms. The molecule has 0 amide bonds. The van der Waals surface area contributed by atoms with E-state index < -0.39 is 13.2 Å². The van der Waals surface area contributed by atoms with Crippen molar-refractivity contribution in [2.24, 2.45) is 0 Å². The lowest BCUT2D eigenvalue weighted by Crippen LogP contribution is -2.10. The molecule has 0 aliphatic heterocycles. The second kappa shape index (κ2) is 5.71. The molecule has 0 aliphatic rings. The van der Waals surface area contributed by atoms with Gasteiger partial charge in [0.1, 0.15) is 12.4 Å². The third-order valence-corrected chi connectivity index (χ3v) is 3.30. The van der Waals surface area contributed by atoms with Crippen LogP contribution in [0.3, 0.4) is 0 Å². The number of aromatic nitrogens is 4. The fraction of sp³-hybridized carbons (Fsp3) is 0.444. The predicted molar refractivity (Wildman–Crippen MR) is 70.1 cm³/mol. The molecule has 0 spiro atoms. The molecule has 0 saturated carbocycles. The zero-order chi connectivity index (χ0) is 14.8. The van der Waals surface area contributed by atoms with Crippen LogP contribution in [0.5, 0.6) is 0 Å². The van der Waals surface area contributed by atoms with Crippen LogP contribution in [0.15, 0.2) is 4.79 Å². The highest BCUT2D eigenvalue weighted by atomic mass is 31.2. The molecule has 0 fully saturated rings.